The average molecular weight is 359 g/mol. The minimum Gasteiger partial charge on any atom is -0.308 e. The van der Waals surface area contributed by atoms with Gasteiger partial charge in [-0.2, -0.15) is 5.10 Å². The predicted octanol–water partition coefficient (Wildman–Crippen LogP) is 4.68. The number of carbonyl (C=O) groups is 1. The van der Waals surface area contributed by atoms with E-state index >= 15 is 0 Å². The second-order valence-electron chi connectivity index (χ2n) is 5.51. The molecule has 2 amide bonds. The van der Waals surface area contributed by atoms with Crippen molar-refractivity contribution >= 4 is 29.1 Å². The predicted molar refractivity (Wildman–Crippen MR) is 96.6 cm³/mol. The topological polar surface area (TPSA) is 59.0 Å². The maximum atomic E-state index is 13.8. The number of nitrogens with one attached hydrogen (secondary N) is 2. The maximum absolute atomic E-state index is 13.8. The molecular weight excluding hydrogens is 343 g/mol. The summed E-state index contributed by atoms with van der Waals surface area (Å²) in [5.74, 6) is 0.104. The number of nitrogens with zero attached hydrogens (tertiary/aromatic N) is 2. The van der Waals surface area contributed by atoms with Gasteiger partial charge in [-0.3, -0.25) is 10.00 Å². The normalized spacial score (nSPS) is 10.5. The van der Waals surface area contributed by atoms with Crippen molar-refractivity contribution in [3.8, 4) is 0 Å². The van der Waals surface area contributed by atoms with Crippen LogP contribution in [0.4, 0.5) is 20.7 Å². The number of hydrogen-bond donors (Lipinski definition) is 2. The van der Waals surface area contributed by atoms with Crippen molar-refractivity contribution < 1.29 is 9.18 Å². The van der Waals surface area contributed by atoms with Gasteiger partial charge in [0.05, 0.1) is 6.54 Å². The summed E-state index contributed by atoms with van der Waals surface area (Å²) >= 11 is 5.81. The lowest BCUT2D eigenvalue weighted by Gasteiger charge is -2.06. The minimum atomic E-state index is -0.419. The van der Waals surface area contributed by atoms with E-state index in [2.05, 4.69) is 15.7 Å². The Kier molecular flexibility index (Phi) is 5.00. The molecule has 0 aliphatic rings. The van der Waals surface area contributed by atoms with Gasteiger partial charge in [-0.15, -0.1) is 0 Å². The standard InChI is InChI=1S/C18H16ClFN4O/c1-12-10-17(22-18(25)21-15-8-6-14(19)7-9-15)23-24(12)11-13-4-2-3-5-16(13)20/h2-10H,11H2,1H3,(H2,21,22,23,25). The fraction of sp³-hybridized carbons (Fsp3) is 0.111. The zero-order valence-corrected chi connectivity index (χ0v) is 14.2. The number of aromatic nitrogens is 2. The molecule has 5 nitrogen and oxygen atoms in total. The van der Waals surface area contributed by atoms with Crippen LogP contribution in [-0.4, -0.2) is 15.8 Å². The lowest BCUT2D eigenvalue weighted by Crippen LogP contribution is -2.19. The Morgan fingerprint density at radius 1 is 1.16 bits per heavy atom. The molecule has 0 saturated heterocycles. The highest BCUT2D eigenvalue weighted by Gasteiger charge is 2.10. The van der Waals surface area contributed by atoms with E-state index in [4.69, 9.17) is 11.6 Å². The Hall–Kier alpha value is -2.86. The number of hydrogen-bond acceptors (Lipinski definition) is 2. The van der Waals surface area contributed by atoms with Gasteiger partial charge in [0.25, 0.3) is 0 Å². The van der Waals surface area contributed by atoms with Crippen molar-refractivity contribution in [1.29, 1.82) is 0 Å². The first kappa shape index (κ1) is 17.0. The van der Waals surface area contributed by atoms with E-state index in [1.165, 1.54) is 6.07 Å². The van der Waals surface area contributed by atoms with Gasteiger partial charge in [0.1, 0.15) is 5.82 Å². The van der Waals surface area contributed by atoms with Gasteiger partial charge < -0.3 is 5.32 Å². The first-order valence-electron chi connectivity index (χ1n) is 7.63. The summed E-state index contributed by atoms with van der Waals surface area (Å²) in [5, 5.41) is 10.2. The minimum absolute atomic E-state index is 0.285. The van der Waals surface area contributed by atoms with Gasteiger partial charge in [0, 0.05) is 28.0 Å². The van der Waals surface area contributed by atoms with Gasteiger partial charge in [0.15, 0.2) is 5.82 Å². The van der Waals surface area contributed by atoms with Crippen LogP contribution < -0.4 is 10.6 Å². The van der Waals surface area contributed by atoms with Gasteiger partial charge >= 0.3 is 6.03 Å². The molecule has 25 heavy (non-hydrogen) atoms. The molecule has 0 aliphatic carbocycles. The van der Waals surface area contributed by atoms with Crippen LogP contribution in [0.5, 0.6) is 0 Å². The number of halogens is 2. The largest absolute Gasteiger partial charge is 0.324 e. The molecule has 0 atom stereocenters. The highest BCUT2D eigenvalue weighted by atomic mass is 35.5. The van der Waals surface area contributed by atoms with Crippen molar-refractivity contribution in [2.75, 3.05) is 10.6 Å². The quantitative estimate of drug-likeness (QED) is 0.711. The van der Waals surface area contributed by atoms with Crippen LogP contribution in [0.2, 0.25) is 5.02 Å². The first-order chi connectivity index (χ1) is 12.0. The zero-order valence-electron chi connectivity index (χ0n) is 13.5. The number of aryl methyl sites for hydroxylation is 1. The third-order valence-electron chi connectivity index (χ3n) is 3.60. The number of carbonyl (C=O) groups excluding carboxylic acids is 1. The summed E-state index contributed by atoms with van der Waals surface area (Å²) in [6.07, 6.45) is 0. The summed E-state index contributed by atoms with van der Waals surface area (Å²) in [7, 11) is 0. The molecule has 7 heteroatoms. The molecule has 1 aromatic heterocycles. The third kappa shape index (κ3) is 4.36. The third-order valence-corrected chi connectivity index (χ3v) is 3.85. The van der Waals surface area contributed by atoms with Crippen molar-refractivity contribution in [2.45, 2.75) is 13.5 Å². The lowest BCUT2D eigenvalue weighted by molar-refractivity contribution is 0.262. The molecule has 128 valence electrons. The van der Waals surface area contributed by atoms with Crippen LogP contribution in [0, 0.1) is 12.7 Å². The van der Waals surface area contributed by atoms with Crippen LogP contribution in [0.15, 0.2) is 54.6 Å². The average Bonchev–Trinajstić information content (AvgIpc) is 2.91. The number of anilines is 2. The van der Waals surface area contributed by atoms with Crippen LogP contribution in [0.1, 0.15) is 11.3 Å². The van der Waals surface area contributed by atoms with Crippen molar-refractivity contribution in [3.63, 3.8) is 0 Å². The smallest absolute Gasteiger partial charge is 0.308 e. The second-order valence-corrected chi connectivity index (χ2v) is 5.94. The summed E-state index contributed by atoms with van der Waals surface area (Å²) in [4.78, 5) is 12.0. The van der Waals surface area contributed by atoms with Gasteiger partial charge in [-0.25, -0.2) is 9.18 Å². The summed E-state index contributed by atoms with van der Waals surface area (Å²) in [5.41, 5.74) is 1.96. The molecule has 3 aromatic rings. The van der Waals surface area contributed by atoms with Crippen molar-refractivity contribution in [2.24, 2.45) is 0 Å². The molecule has 0 fully saturated rings. The highest BCUT2D eigenvalue weighted by Crippen LogP contribution is 2.15. The van der Waals surface area contributed by atoms with E-state index in [0.29, 0.717) is 28.6 Å². The molecule has 2 N–H and O–H groups in total. The maximum Gasteiger partial charge on any atom is 0.324 e. The summed E-state index contributed by atoms with van der Waals surface area (Å²) in [6.45, 7) is 2.13. The fourth-order valence-electron chi connectivity index (χ4n) is 2.33. The monoisotopic (exact) mass is 358 g/mol. The molecule has 0 aliphatic heterocycles. The van der Waals surface area contributed by atoms with Gasteiger partial charge in [0.2, 0.25) is 0 Å². The number of urea groups is 1. The number of benzene rings is 2. The molecule has 0 saturated carbocycles. The SMILES string of the molecule is Cc1cc(NC(=O)Nc2ccc(Cl)cc2)nn1Cc1ccccc1F. The van der Waals surface area contributed by atoms with E-state index in [0.717, 1.165) is 5.69 Å². The Bertz CT molecular complexity index is 892. The van der Waals surface area contributed by atoms with E-state index < -0.39 is 6.03 Å². The number of rotatable bonds is 4. The Morgan fingerprint density at radius 3 is 2.60 bits per heavy atom. The van der Waals surface area contributed by atoms with E-state index in [9.17, 15) is 9.18 Å². The molecular formula is C18H16ClFN4O. The molecule has 0 radical (unpaired) electrons. The van der Waals surface area contributed by atoms with E-state index in [1.807, 2.05) is 6.92 Å². The van der Waals surface area contributed by atoms with Gasteiger partial charge in [-0.1, -0.05) is 29.8 Å². The molecule has 0 bridgehead atoms. The van der Waals surface area contributed by atoms with Crippen molar-refractivity contribution in [3.05, 3.63) is 76.7 Å². The van der Waals surface area contributed by atoms with Crippen LogP contribution >= 0.6 is 11.6 Å². The molecule has 1 heterocycles. The Balaban J connectivity index is 1.66. The summed E-state index contributed by atoms with van der Waals surface area (Å²) in [6, 6.07) is 14.6. The molecule has 0 spiro atoms. The first-order valence-corrected chi connectivity index (χ1v) is 8.00. The van der Waals surface area contributed by atoms with Crippen LogP contribution in [0.25, 0.3) is 0 Å². The number of amides is 2. The summed E-state index contributed by atoms with van der Waals surface area (Å²) < 4.78 is 15.4. The van der Waals surface area contributed by atoms with E-state index in [-0.39, 0.29) is 5.82 Å². The molecule has 0 unspecified atom stereocenters. The van der Waals surface area contributed by atoms with Gasteiger partial charge in [-0.05, 0) is 37.3 Å². The highest BCUT2D eigenvalue weighted by molar-refractivity contribution is 6.30. The Labute approximate surface area is 149 Å². The van der Waals surface area contributed by atoms with Crippen molar-refractivity contribution in [1.82, 2.24) is 9.78 Å². The lowest BCUT2D eigenvalue weighted by atomic mass is 10.2. The van der Waals surface area contributed by atoms with Crippen LogP contribution in [-0.2, 0) is 6.54 Å². The van der Waals surface area contributed by atoms with Crippen LogP contribution in [0.3, 0.4) is 0 Å². The fourth-order valence-corrected chi connectivity index (χ4v) is 2.46. The second kappa shape index (κ2) is 7.36. The molecule has 2 aromatic carbocycles. The Morgan fingerprint density at radius 2 is 1.88 bits per heavy atom. The zero-order chi connectivity index (χ0) is 17.8. The van der Waals surface area contributed by atoms with E-state index in [1.54, 1.807) is 53.2 Å². The molecule has 3 rings (SSSR count).